The van der Waals surface area contributed by atoms with Gasteiger partial charge in [0.05, 0.1) is 0 Å². The number of hydrogen-bond acceptors (Lipinski definition) is 4. The molecule has 4 nitrogen and oxygen atoms in total. The summed E-state index contributed by atoms with van der Waals surface area (Å²) >= 11 is 0. The lowest BCUT2D eigenvalue weighted by Crippen LogP contribution is -2.41. The number of hydrogen-bond donors (Lipinski definition) is 0. The van der Waals surface area contributed by atoms with E-state index in [1.807, 2.05) is 0 Å². The molecular weight excluding hydrogens is 208 g/mol. The van der Waals surface area contributed by atoms with E-state index in [4.69, 9.17) is 4.74 Å². The van der Waals surface area contributed by atoms with Crippen LogP contribution in [-0.2, 0) is 14.3 Å². The number of esters is 1. The summed E-state index contributed by atoms with van der Waals surface area (Å²) in [5.41, 5.74) is 0. The SMILES string of the molecule is CC(C)[C@@H]1CC[C@@H](C)C[C@H]1OC(=O)C(=O)[O-]. The largest absolute Gasteiger partial charge is 0.539 e. The lowest BCUT2D eigenvalue weighted by atomic mass is 9.75. The van der Waals surface area contributed by atoms with Crippen LogP contribution in [0.4, 0.5) is 0 Å². The van der Waals surface area contributed by atoms with Gasteiger partial charge in [0.25, 0.3) is 0 Å². The Labute approximate surface area is 96.0 Å². The molecule has 1 aliphatic carbocycles. The molecular formula is C12H19O4-. The van der Waals surface area contributed by atoms with Crippen molar-refractivity contribution in [2.45, 2.75) is 46.1 Å². The highest BCUT2D eigenvalue weighted by Gasteiger charge is 2.33. The second-order valence-electron chi connectivity index (χ2n) is 5.06. The summed E-state index contributed by atoms with van der Waals surface area (Å²) in [4.78, 5) is 21.3. The Bertz CT molecular complexity index is 272. The highest BCUT2D eigenvalue weighted by atomic mass is 16.6. The molecule has 0 aromatic rings. The summed E-state index contributed by atoms with van der Waals surface area (Å²) in [7, 11) is 0. The first kappa shape index (κ1) is 13.0. The Morgan fingerprint density at radius 1 is 1.31 bits per heavy atom. The molecule has 0 bridgehead atoms. The molecule has 1 rings (SSSR count). The summed E-state index contributed by atoms with van der Waals surface area (Å²) < 4.78 is 5.00. The maximum Gasteiger partial charge on any atom is 0.354 e. The maximum atomic E-state index is 11.0. The summed E-state index contributed by atoms with van der Waals surface area (Å²) in [6, 6.07) is 0. The van der Waals surface area contributed by atoms with Crippen molar-refractivity contribution in [3.8, 4) is 0 Å². The minimum atomic E-state index is -1.75. The lowest BCUT2D eigenvalue weighted by Gasteiger charge is -2.36. The van der Waals surface area contributed by atoms with Gasteiger partial charge < -0.3 is 14.6 Å². The van der Waals surface area contributed by atoms with Crippen molar-refractivity contribution in [2.75, 3.05) is 0 Å². The molecule has 0 spiro atoms. The first-order chi connectivity index (χ1) is 7.41. The molecule has 0 unspecified atom stereocenters. The van der Waals surface area contributed by atoms with E-state index in [0.717, 1.165) is 19.3 Å². The third-order valence-electron chi connectivity index (χ3n) is 3.39. The number of aliphatic carboxylic acids is 1. The quantitative estimate of drug-likeness (QED) is 0.515. The van der Waals surface area contributed by atoms with Gasteiger partial charge in [-0.15, -0.1) is 0 Å². The minimum absolute atomic E-state index is 0.263. The van der Waals surface area contributed by atoms with Crippen LogP contribution in [-0.4, -0.2) is 18.0 Å². The van der Waals surface area contributed by atoms with Crippen molar-refractivity contribution in [3.63, 3.8) is 0 Å². The highest BCUT2D eigenvalue weighted by Crippen LogP contribution is 2.35. The monoisotopic (exact) mass is 227 g/mol. The predicted molar refractivity (Wildman–Crippen MR) is 56.2 cm³/mol. The highest BCUT2D eigenvalue weighted by molar-refractivity contribution is 6.27. The van der Waals surface area contributed by atoms with Crippen LogP contribution in [0.5, 0.6) is 0 Å². The van der Waals surface area contributed by atoms with Crippen LogP contribution in [0.25, 0.3) is 0 Å². The zero-order valence-electron chi connectivity index (χ0n) is 10.1. The standard InChI is InChI=1S/C12H20O4/c1-7(2)9-5-4-8(3)6-10(9)16-12(15)11(13)14/h7-10H,4-6H2,1-3H3,(H,13,14)/p-1/t8-,9+,10-/m1/s1. The molecule has 0 aromatic carbocycles. The molecule has 0 aromatic heterocycles. The Hall–Kier alpha value is -1.06. The van der Waals surface area contributed by atoms with E-state index < -0.39 is 11.9 Å². The first-order valence-corrected chi connectivity index (χ1v) is 5.83. The number of ether oxygens (including phenoxy) is 1. The van der Waals surface area contributed by atoms with E-state index in [1.165, 1.54) is 0 Å². The topological polar surface area (TPSA) is 66.4 Å². The zero-order chi connectivity index (χ0) is 12.3. The predicted octanol–water partition coefficient (Wildman–Crippen LogP) is 0.740. The Morgan fingerprint density at radius 2 is 1.94 bits per heavy atom. The van der Waals surface area contributed by atoms with Gasteiger partial charge in [0.2, 0.25) is 0 Å². The van der Waals surface area contributed by atoms with Crippen molar-refractivity contribution in [1.82, 2.24) is 0 Å². The fraction of sp³-hybridized carbons (Fsp3) is 0.833. The molecule has 0 radical (unpaired) electrons. The molecule has 0 aliphatic heterocycles. The number of rotatable bonds is 2. The van der Waals surface area contributed by atoms with Crippen molar-refractivity contribution in [2.24, 2.45) is 17.8 Å². The molecule has 1 aliphatic rings. The molecule has 16 heavy (non-hydrogen) atoms. The fourth-order valence-corrected chi connectivity index (χ4v) is 2.44. The molecule has 0 heterocycles. The maximum absolute atomic E-state index is 11.0. The first-order valence-electron chi connectivity index (χ1n) is 5.83. The van der Waals surface area contributed by atoms with Crippen molar-refractivity contribution < 1.29 is 19.4 Å². The van der Waals surface area contributed by atoms with Crippen LogP contribution < -0.4 is 5.11 Å². The van der Waals surface area contributed by atoms with Crippen molar-refractivity contribution in [3.05, 3.63) is 0 Å². The van der Waals surface area contributed by atoms with Gasteiger partial charge in [-0.1, -0.05) is 27.2 Å². The van der Waals surface area contributed by atoms with Gasteiger partial charge in [0.15, 0.2) is 5.97 Å². The van der Waals surface area contributed by atoms with Gasteiger partial charge in [0, 0.05) is 0 Å². The Morgan fingerprint density at radius 3 is 2.44 bits per heavy atom. The molecule has 1 saturated carbocycles. The molecule has 0 N–H and O–H groups in total. The fourth-order valence-electron chi connectivity index (χ4n) is 2.44. The third kappa shape index (κ3) is 3.22. The smallest absolute Gasteiger partial charge is 0.354 e. The van der Waals surface area contributed by atoms with Gasteiger partial charge in [0.1, 0.15) is 6.10 Å². The number of carboxylic acid groups (broad SMARTS) is 1. The van der Waals surface area contributed by atoms with Crippen LogP contribution in [0.2, 0.25) is 0 Å². The molecule has 0 amide bonds. The summed E-state index contributed by atoms with van der Waals surface area (Å²) in [5, 5.41) is 10.3. The second kappa shape index (κ2) is 5.32. The average Bonchev–Trinajstić information content (AvgIpc) is 2.16. The average molecular weight is 227 g/mol. The summed E-state index contributed by atoms with van der Waals surface area (Å²) in [6.07, 6.45) is 2.59. The second-order valence-corrected chi connectivity index (χ2v) is 5.06. The number of carboxylic acids is 1. The van der Waals surface area contributed by atoms with Crippen LogP contribution in [0.3, 0.4) is 0 Å². The van der Waals surface area contributed by atoms with Crippen molar-refractivity contribution in [1.29, 1.82) is 0 Å². The van der Waals surface area contributed by atoms with E-state index in [9.17, 15) is 14.7 Å². The van der Waals surface area contributed by atoms with Gasteiger partial charge in [-0.05, 0) is 30.6 Å². The van der Waals surface area contributed by atoms with E-state index in [2.05, 4.69) is 20.8 Å². The Kier molecular flexibility index (Phi) is 4.33. The van der Waals surface area contributed by atoms with Crippen LogP contribution in [0.15, 0.2) is 0 Å². The van der Waals surface area contributed by atoms with Crippen LogP contribution in [0.1, 0.15) is 40.0 Å². The molecule has 1 fully saturated rings. The van der Waals surface area contributed by atoms with Gasteiger partial charge in [-0.3, -0.25) is 0 Å². The summed E-state index contributed by atoms with van der Waals surface area (Å²) in [5.74, 6) is -1.84. The number of carbonyl (C=O) groups excluding carboxylic acids is 2. The Balaban J connectivity index is 2.64. The molecule has 4 heteroatoms. The van der Waals surface area contributed by atoms with Crippen LogP contribution >= 0.6 is 0 Å². The van der Waals surface area contributed by atoms with Gasteiger partial charge >= 0.3 is 5.97 Å². The van der Waals surface area contributed by atoms with E-state index in [0.29, 0.717) is 11.8 Å². The lowest BCUT2D eigenvalue weighted by molar-refractivity contribution is -0.304. The number of carbonyl (C=O) groups is 2. The van der Waals surface area contributed by atoms with E-state index >= 15 is 0 Å². The molecule has 3 atom stereocenters. The van der Waals surface area contributed by atoms with Gasteiger partial charge in [-0.2, -0.15) is 0 Å². The minimum Gasteiger partial charge on any atom is -0.539 e. The van der Waals surface area contributed by atoms with Crippen molar-refractivity contribution >= 4 is 11.9 Å². The summed E-state index contributed by atoms with van der Waals surface area (Å²) in [6.45, 7) is 6.23. The van der Waals surface area contributed by atoms with Crippen LogP contribution in [0, 0.1) is 17.8 Å². The van der Waals surface area contributed by atoms with Gasteiger partial charge in [-0.25, -0.2) is 4.79 Å². The normalized spacial score (nSPS) is 30.1. The van der Waals surface area contributed by atoms with E-state index in [1.54, 1.807) is 0 Å². The third-order valence-corrected chi connectivity index (χ3v) is 3.39. The molecule has 0 saturated heterocycles. The molecule has 92 valence electrons. The van der Waals surface area contributed by atoms with E-state index in [-0.39, 0.29) is 12.0 Å². The zero-order valence-corrected chi connectivity index (χ0v) is 10.1.